The van der Waals surface area contributed by atoms with E-state index in [1.165, 1.54) is 5.56 Å². The molecule has 0 radical (unpaired) electrons. The van der Waals surface area contributed by atoms with Crippen molar-refractivity contribution in [2.24, 2.45) is 0 Å². The van der Waals surface area contributed by atoms with Crippen molar-refractivity contribution in [2.45, 2.75) is 31.9 Å². The maximum atomic E-state index is 12.7. The molecule has 3 aromatic rings. The van der Waals surface area contributed by atoms with Crippen molar-refractivity contribution in [3.05, 3.63) is 72.0 Å². The quantitative estimate of drug-likeness (QED) is 0.750. The molecule has 27 heavy (non-hydrogen) atoms. The van der Waals surface area contributed by atoms with Crippen LogP contribution in [-0.4, -0.2) is 43.5 Å². The van der Waals surface area contributed by atoms with E-state index in [4.69, 9.17) is 9.52 Å². The number of aliphatic hydroxyl groups is 1. The van der Waals surface area contributed by atoms with E-state index in [0.29, 0.717) is 18.8 Å². The summed E-state index contributed by atoms with van der Waals surface area (Å²) < 4.78 is 7.55. The molecule has 0 spiro atoms. The Morgan fingerprint density at radius 2 is 2.07 bits per heavy atom. The Morgan fingerprint density at radius 1 is 1.22 bits per heavy atom. The van der Waals surface area contributed by atoms with Crippen molar-refractivity contribution in [2.75, 3.05) is 13.1 Å². The molecule has 0 unspecified atom stereocenters. The van der Waals surface area contributed by atoms with Gasteiger partial charge in [-0.05, 0) is 42.7 Å². The molecule has 1 saturated heterocycles. The zero-order valence-electron chi connectivity index (χ0n) is 15.0. The third kappa shape index (κ3) is 3.78. The van der Waals surface area contributed by atoms with Crippen LogP contribution >= 0.6 is 0 Å². The molecular weight excluding hydrogens is 344 g/mol. The fraction of sp³-hybridized carbons (Fsp3) is 0.350. The second kappa shape index (κ2) is 7.75. The van der Waals surface area contributed by atoms with Gasteiger partial charge in [-0.2, -0.15) is 0 Å². The Kier molecular flexibility index (Phi) is 5.02. The smallest absolute Gasteiger partial charge is 0.289 e. The first-order valence-corrected chi connectivity index (χ1v) is 9.13. The molecule has 4 heterocycles. The normalized spacial score (nSPS) is 17.2. The van der Waals surface area contributed by atoms with Crippen LogP contribution in [0.4, 0.5) is 0 Å². The van der Waals surface area contributed by atoms with E-state index in [1.54, 1.807) is 24.5 Å². The number of hydrogen-bond donors (Lipinski definition) is 1. The number of rotatable bonds is 5. The van der Waals surface area contributed by atoms with E-state index in [2.05, 4.69) is 14.5 Å². The van der Waals surface area contributed by atoms with Crippen LogP contribution in [0.5, 0.6) is 0 Å². The maximum absolute atomic E-state index is 12.7. The minimum absolute atomic E-state index is 0.133. The van der Waals surface area contributed by atoms with Crippen LogP contribution < -0.4 is 0 Å². The van der Waals surface area contributed by atoms with Crippen molar-refractivity contribution in [1.29, 1.82) is 0 Å². The van der Waals surface area contributed by atoms with Gasteiger partial charge in [-0.3, -0.25) is 9.78 Å². The number of amides is 1. The number of likely N-dealkylation sites (tertiary alicyclic amines) is 1. The van der Waals surface area contributed by atoms with Crippen molar-refractivity contribution >= 4 is 5.91 Å². The van der Waals surface area contributed by atoms with Crippen molar-refractivity contribution < 1.29 is 14.3 Å². The Balaban J connectivity index is 1.49. The highest BCUT2D eigenvalue weighted by molar-refractivity contribution is 5.91. The first kappa shape index (κ1) is 17.5. The van der Waals surface area contributed by atoms with Gasteiger partial charge in [0.05, 0.1) is 0 Å². The van der Waals surface area contributed by atoms with Gasteiger partial charge in [0.25, 0.3) is 5.91 Å². The summed E-state index contributed by atoms with van der Waals surface area (Å²) >= 11 is 0. The van der Waals surface area contributed by atoms with E-state index < -0.39 is 0 Å². The SMILES string of the molecule is O=C(c1ccc(CO)o1)N1CCC[C@@H](c2nccn2Cc2ccncc2)C1. The van der Waals surface area contributed by atoms with Crippen LogP contribution in [-0.2, 0) is 13.2 Å². The number of piperidine rings is 1. The summed E-state index contributed by atoms with van der Waals surface area (Å²) in [6.45, 7) is 1.85. The number of hydrogen-bond acceptors (Lipinski definition) is 5. The number of imidazole rings is 1. The number of nitrogens with zero attached hydrogens (tertiary/aromatic N) is 4. The average Bonchev–Trinajstić information content (AvgIpc) is 3.38. The lowest BCUT2D eigenvalue weighted by Gasteiger charge is -2.32. The molecule has 1 atom stereocenters. The van der Waals surface area contributed by atoms with Gasteiger partial charge in [0.2, 0.25) is 0 Å². The van der Waals surface area contributed by atoms with Crippen LogP contribution in [0.3, 0.4) is 0 Å². The Labute approximate surface area is 157 Å². The zero-order chi connectivity index (χ0) is 18.6. The highest BCUT2D eigenvalue weighted by Gasteiger charge is 2.29. The monoisotopic (exact) mass is 366 g/mol. The molecule has 3 aromatic heterocycles. The minimum Gasteiger partial charge on any atom is -0.453 e. The molecule has 1 aliphatic rings. The second-order valence-electron chi connectivity index (χ2n) is 6.78. The van der Waals surface area contributed by atoms with Crippen LogP contribution in [0.25, 0.3) is 0 Å². The molecule has 1 N–H and O–H groups in total. The molecule has 0 aromatic carbocycles. The van der Waals surface area contributed by atoms with Gasteiger partial charge in [-0.1, -0.05) is 0 Å². The van der Waals surface area contributed by atoms with Gasteiger partial charge in [0.15, 0.2) is 5.76 Å². The largest absolute Gasteiger partial charge is 0.453 e. The van der Waals surface area contributed by atoms with Gasteiger partial charge < -0.3 is 19.0 Å². The molecule has 0 aliphatic carbocycles. The predicted octanol–water partition coefficient (Wildman–Crippen LogP) is 2.43. The van der Waals surface area contributed by atoms with Crippen LogP contribution in [0.15, 0.2) is 53.5 Å². The third-order valence-electron chi connectivity index (χ3n) is 4.95. The fourth-order valence-electron chi connectivity index (χ4n) is 3.61. The van der Waals surface area contributed by atoms with Crippen LogP contribution in [0, 0.1) is 0 Å². The zero-order valence-corrected chi connectivity index (χ0v) is 15.0. The number of aromatic nitrogens is 3. The standard InChI is InChI=1S/C20H22N4O3/c25-14-17-3-4-18(27-17)20(26)24-10-1-2-16(13-24)19-22-9-11-23(19)12-15-5-7-21-8-6-15/h3-9,11,16,25H,1-2,10,12-14H2/t16-/m1/s1. The van der Waals surface area contributed by atoms with Gasteiger partial charge >= 0.3 is 0 Å². The summed E-state index contributed by atoms with van der Waals surface area (Å²) in [5, 5.41) is 9.13. The Bertz CT molecular complexity index is 903. The summed E-state index contributed by atoms with van der Waals surface area (Å²) in [7, 11) is 0. The fourth-order valence-corrected chi connectivity index (χ4v) is 3.61. The lowest BCUT2D eigenvalue weighted by molar-refractivity contribution is 0.0666. The molecule has 1 fully saturated rings. The summed E-state index contributed by atoms with van der Waals surface area (Å²) in [4.78, 5) is 23.2. The maximum Gasteiger partial charge on any atom is 0.289 e. The van der Waals surface area contributed by atoms with Crippen LogP contribution in [0.2, 0.25) is 0 Å². The molecule has 1 amide bonds. The lowest BCUT2D eigenvalue weighted by atomic mass is 9.96. The van der Waals surface area contributed by atoms with E-state index in [-0.39, 0.29) is 24.2 Å². The van der Waals surface area contributed by atoms with Crippen molar-refractivity contribution in [3.63, 3.8) is 0 Å². The van der Waals surface area contributed by atoms with Crippen molar-refractivity contribution in [1.82, 2.24) is 19.4 Å². The van der Waals surface area contributed by atoms with Crippen LogP contribution in [0.1, 0.15) is 46.5 Å². The number of carbonyl (C=O) groups excluding carboxylic acids is 1. The highest BCUT2D eigenvalue weighted by atomic mass is 16.4. The number of furan rings is 1. The minimum atomic E-state index is -0.206. The Hall–Kier alpha value is -2.93. The molecule has 7 nitrogen and oxygen atoms in total. The van der Waals surface area contributed by atoms with Gasteiger partial charge in [0.1, 0.15) is 18.2 Å². The summed E-state index contributed by atoms with van der Waals surface area (Å²) in [5.41, 5.74) is 1.17. The predicted molar refractivity (Wildman–Crippen MR) is 98.1 cm³/mol. The highest BCUT2D eigenvalue weighted by Crippen LogP contribution is 2.27. The molecule has 140 valence electrons. The van der Waals surface area contributed by atoms with E-state index in [1.807, 2.05) is 29.4 Å². The first-order chi connectivity index (χ1) is 13.2. The number of pyridine rings is 1. The van der Waals surface area contributed by atoms with Gasteiger partial charge in [-0.15, -0.1) is 0 Å². The third-order valence-corrected chi connectivity index (χ3v) is 4.95. The summed E-state index contributed by atoms with van der Waals surface area (Å²) in [6, 6.07) is 7.25. The summed E-state index contributed by atoms with van der Waals surface area (Å²) in [6.07, 6.45) is 9.30. The molecule has 0 bridgehead atoms. The van der Waals surface area contributed by atoms with E-state index >= 15 is 0 Å². The number of aliphatic hydroxyl groups excluding tert-OH is 1. The van der Waals surface area contributed by atoms with E-state index in [9.17, 15) is 4.79 Å². The average molecular weight is 366 g/mol. The number of carbonyl (C=O) groups is 1. The molecular formula is C20H22N4O3. The second-order valence-corrected chi connectivity index (χ2v) is 6.78. The topological polar surface area (TPSA) is 84.4 Å². The molecule has 7 heteroatoms. The molecule has 0 saturated carbocycles. The molecule has 4 rings (SSSR count). The molecule has 1 aliphatic heterocycles. The first-order valence-electron chi connectivity index (χ1n) is 9.13. The van der Waals surface area contributed by atoms with Gasteiger partial charge in [0, 0.05) is 50.3 Å². The Morgan fingerprint density at radius 3 is 2.85 bits per heavy atom. The lowest BCUT2D eigenvalue weighted by Crippen LogP contribution is -2.39. The van der Waals surface area contributed by atoms with E-state index in [0.717, 1.165) is 25.2 Å². The van der Waals surface area contributed by atoms with Crippen molar-refractivity contribution in [3.8, 4) is 0 Å². The van der Waals surface area contributed by atoms with Gasteiger partial charge in [-0.25, -0.2) is 4.98 Å². The summed E-state index contributed by atoms with van der Waals surface area (Å²) in [5.74, 6) is 1.73.